The minimum Gasteiger partial charge on any atom is -0.360 e. The third kappa shape index (κ3) is 3.37. The molecule has 0 saturated heterocycles. The number of nitrogens with zero attached hydrogens (tertiary/aromatic N) is 3. The standard InChI is InChI=1S/C18H22N4O3S/c1-11-7-6-8-16(9-11)10-22-14(4)17(12(2)19-22)21-26(23,24)18-13(3)20-25-15(18)5/h6-9,21H,10H2,1-5H3. The van der Waals surface area contributed by atoms with Gasteiger partial charge < -0.3 is 4.52 Å². The summed E-state index contributed by atoms with van der Waals surface area (Å²) in [6.07, 6.45) is 0. The molecule has 2 heterocycles. The van der Waals surface area contributed by atoms with E-state index in [9.17, 15) is 8.42 Å². The zero-order chi connectivity index (χ0) is 19.1. The molecule has 0 bridgehead atoms. The van der Waals surface area contributed by atoms with Gasteiger partial charge in [0.25, 0.3) is 10.0 Å². The van der Waals surface area contributed by atoms with Gasteiger partial charge in [0, 0.05) is 0 Å². The quantitative estimate of drug-likeness (QED) is 0.740. The van der Waals surface area contributed by atoms with Crippen LogP contribution in [0.1, 0.15) is 34.0 Å². The lowest BCUT2D eigenvalue weighted by molar-refractivity contribution is 0.390. The van der Waals surface area contributed by atoms with E-state index in [2.05, 4.69) is 21.0 Å². The lowest BCUT2D eigenvalue weighted by Crippen LogP contribution is -2.15. The Labute approximate surface area is 153 Å². The fourth-order valence-electron chi connectivity index (χ4n) is 3.03. The SMILES string of the molecule is Cc1cccc(Cn2nc(C)c(NS(=O)(=O)c3c(C)noc3C)c2C)c1. The van der Waals surface area contributed by atoms with E-state index in [1.54, 1.807) is 25.5 Å². The van der Waals surface area contributed by atoms with Crippen LogP contribution in [0.15, 0.2) is 33.7 Å². The average Bonchev–Trinajstić information content (AvgIpc) is 3.02. The maximum Gasteiger partial charge on any atom is 0.267 e. The molecule has 0 radical (unpaired) electrons. The van der Waals surface area contributed by atoms with Crippen molar-refractivity contribution in [3.8, 4) is 0 Å². The van der Waals surface area contributed by atoms with Crippen molar-refractivity contribution in [2.45, 2.75) is 46.1 Å². The number of hydrogen-bond donors (Lipinski definition) is 1. The van der Waals surface area contributed by atoms with Crippen molar-refractivity contribution in [3.63, 3.8) is 0 Å². The molecule has 0 amide bonds. The summed E-state index contributed by atoms with van der Waals surface area (Å²) in [6.45, 7) is 9.42. The van der Waals surface area contributed by atoms with Crippen molar-refractivity contribution in [1.82, 2.24) is 14.9 Å². The van der Waals surface area contributed by atoms with Gasteiger partial charge >= 0.3 is 0 Å². The third-order valence-corrected chi connectivity index (χ3v) is 5.86. The maximum atomic E-state index is 12.8. The van der Waals surface area contributed by atoms with Crippen LogP contribution in [0.25, 0.3) is 0 Å². The van der Waals surface area contributed by atoms with Gasteiger partial charge in [-0.2, -0.15) is 5.10 Å². The summed E-state index contributed by atoms with van der Waals surface area (Å²) < 4.78 is 35.0. The first kappa shape index (κ1) is 18.2. The zero-order valence-corrected chi connectivity index (χ0v) is 16.3. The highest BCUT2D eigenvalue weighted by molar-refractivity contribution is 7.92. The van der Waals surface area contributed by atoms with E-state index < -0.39 is 10.0 Å². The number of hydrogen-bond acceptors (Lipinski definition) is 5. The van der Waals surface area contributed by atoms with E-state index >= 15 is 0 Å². The van der Waals surface area contributed by atoms with Crippen LogP contribution < -0.4 is 4.72 Å². The lowest BCUT2D eigenvalue weighted by Gasteiger charge is -2.09. The van der Waals surface area contributed by atoms with E-state index in [4.69, 9.17) is 4.52 Å². The minimum atomic E-state index is -3.80. The Balaban J connectivity index is 1.93. The van der Waals surface area contributed by atoms with Crippen molar-refractivity contribution < 1.29 is 12.9 Å². The van der Waals surface area contributed by atoms with Crippen molar-refractivity contribution in [1.29, 1.82) is 0 Å². The van der Waals surface area contributed by atoms with E-state index in [1.165, 1.54) is 5.56 Å². The molecular weight excluding hydrogens is 352 g/mol. The molecule has 3 rings (SSSR count). The summed E-state index contributed by atoms with van der Waals surface area (Å²) in [5.41, 5.74) is 4.46. The van der Waals surface area contributed by atoms with Gasteiger partial charge in [0.05, 0.1) is 23.6 Å². The van der Waals surface area contributed by atoms with Crippen LogP contribution in [-0.4, -0.2) is 23.4 Å². The molecule has 0 aliphatic heterocycles. The Hall–Kier alpha value is -2.61. The Bertz CT molecular complexity index is 1040. The van der Waals surface area contributed by atoms with Crippen molar-refractivity contribution in [2.75, 3.05) is 4.72 Å². The second-order valence-electron chi connectivity index (χ2n) is 6.45. The van der Waals surface area contributed by atoms with Crippen LogP contribution in [0.2, 0.25) is 0 Å². The third-order valence-electron chi connectivity index (χ3n) is 4.27. The molecule has 0 spiro atoms. The van der Waals surface area contributed by atoms with Gasteiger partial charge in [0.15, 0.2) is 10.7 Å². The molecule has 3 aromatic rings. The topological polar surface area (TPSA) is 90.0 Å². The summed E-state index contributed by atoms with van der Waals surface area (Å²) in [7, 11) is -3.80. The number of nitrogens with one attached hydrogen (secondary N) is 1. The first-order valence-corrected chi connectivity index (χ1v) is 9.72. The van der Waals surface area contributed by atoms with Gasteiger partial charge in [-0.3, -0.25) is 9.40 Å². The average molecular weight is 374 g/mol. The molecule has 1 N–H and O–H groups in total. The molecule has 26 heavy (non-hydrogen) atoms. The molecule has 1 aromatic carbocycles. The van der Waals surface area contributed by atoms with E-state index in [-0.39, 0.29) is 10.7 Å². The summed E-state index contributed by atoms with van der Waals surface area (Å²) in [5, 5.41) is 8.22. The van der Waals surface area contributed by atoms with Crippen LogP contribution in [-0.2, 0) is 16.6 Å². The van der Waals surface area contributed by atoms with Crippen molar-refractivity contribution >= 4 is 15.7 Å². The number of aryl methyl sites for hydroxylation is 4. The van der Waals surface area contributed by atoms with Crippen LogP contribution in [0, 0.1) is 34.6 Å². The molecule has 0 aliphatic carbocycles. The van der Waals surface area contributed by atoms with Gasteiger partial charge in [0.2, 0.25) is 0 Å². The highest BCUT2D eigenvalue weighted by Gasteiger charge is 2.26. The molecule has 7 nitrogen and oxygen atoms in total. The second-order valence-corrected chi connectivity index (χ2v) is 8.07. The first-order chi connectivity index (χ1) is 12.2. The summed E-state index contributed by atoms with van der Waals surface area (Å²) >= 11 is 0. The predicted molar refractivity (Wildman–Crippen MR) is 98.8 cm³/mol. The molecular formula is C18H22N4O3S. The van der Waals surface area contributed by atoms with Gasteiger partial charge in [-0.15, -0.1) is 0 Å². The molecule has 0 unspecified atom stereocenters. The highest BCUT2D eigenvalue weighted by atomic mass is 32.2. The number of rotatable bonds is 5. The van der Waals surface area contributed by atoms with Gasteiger partial charge in [-0.1, -0.05) is 35.0 Å². The van der Waals surface area contributed by atoms with Crippen LogP contribution >= 0.6 is 0 Å². The monoisotopic (exact) mass is 374 g/mol. The Morgan fingerprint density at radius 1 is 1.12 bits per heavy atom. The van der Waals surface area contributed by atoms with Crippen LogP contribution in [0.5, 0.6) is 0 Å². The Morgan fingerprint density at radius 3 is 2.46 bits per heavy atom. The number of sulfonamides is 1. The van der Waals surface area contributed by atoms with Gasteiger partial charge in [-0.05, 0) is 40.2 Å². The molecule has 0 aliphatic rings. The van der Waals surface area contributed by atoms with Crippen molar-refractivity contribution in [2.24, 2.45) is 0 Å². The fraction of sp³-hybridized carbons (Fsp3) is 0.333. The Morgan fingerprint density at radius 2 is 1.85 bits per heavy atom. The van der Waals surface area contributed by atoms with Gasteiger partial charge in [-0.25, -0.2) is 8.42 Å². The molecule has 0 atom stereocenters. The zero-order valence-electron chi connectivity index (χ0n) is 15.5. The lowest BCUT2D eigenvalue weighted by atomic mass is 10.1. The molecule has 0 saturated carbocycles. The molecule has 0 fully saturated rings. The predicted octanol–water partition coefficient (Wildman–Crippen LogP) is 3.26. The smallest absolute Gasteiger partial charge is 0.267 e. The minimum absolute atomic E-state index is 0.0720. The van der Waals surface area contributed by atoms with Gasteiger partial charge in [0.1, 0.15) is 5.69 Å². The van der Waals surface area contributed by atoms with Crippen LogP contribution in [0.4, 0.5) is 5.69 Å². The molecule has 138 valence electrons. The van der Waals surface area contributed by atoms with E-state index in [0.717, 1.165) is 11.3 Å². The van der Waals surface area contributed by atoms with E-state index in [1.807, 2.05) is 32.0 Å². The summed E-state index contributed by atoms with van der Waals surface area (Å²) in [4.78, 5) is 0.0720. The summed E-state index contributed by atoms with van der Waals surface area (Å²) in [6, 6.07) is 8.15. The number of benzene rings is 1. The molecule has 2 aromatic heterocycles. The fourth-order valence-corrected chi connectivity index (χ4v) is 4.53. The Kier molecular flexibility index (Phi) is 4.62. The second kappa shape index (κ2) is 6.60. The van der Waals surface area contributed by atoms with E-state index in [0.29, 0.717) is 23.6 Å². The van der Waals surface area contributed by atoms with Crippen molar-refractivity contribution in [3.05, 3.63) is 58.2 Å². The number of anilines is 1. The maximum absolute atomic E-state index is 12.8. The first-order valence-electron chi connectivity index (χ1n) is 8.24. The number of aromatic nitrogens is 3. The summed E-state index contributed by atoms with van der Waals surface area (Å²) in [5.74, 6) is 0.262. The largest absolute Gasteiger partial charge is 0.360 e. The highest BCUT2D eigenvalue weighted by Crippen LogP contribution is 2.26. The normalized spacial score (nSPS) is 11.7. The van der Waals surface area contributed by atoms with Crippen LogP contribution in [0.3, 0.4) is 0 Å². The molecule has 8 heteroatoms.